The Morgan fingerprint density at radius 2 is 1.59 bits per heavy atom. The minimum Gasteiger partial charge on any atom is -0.479 e. The van der Waals surface area contributed by atoms with E-state index in [1.807, 2.05) is 26.2 Å². The third-order valence-corrected chi connectivity index (χ3v) is 4.67. The number of aliphatic hydroxyl groups excluding tert-OH is 2. The van der Waals surface area contributed by atoms with Gasteiger partial charge in [-0.1, -0.05) is 30.0 Å². The molecule has 0 radical (unpaired) electrons. The van der Waals surface area contributed by atoms with Gasteiger partial charge in [-0.2, -0.15) is 0 Å². The van der Waals surface area contributed by atoms with Crippen LogP contribution in [-0.2, 0) is 16.1 Å². The standard InChI is InChI=1S/C15H17FN2S.C4H6O6/c1-18(2)10-11-5-3-4-6-14(11)19-15-8-7-12(16)9-13(15)17;5-1(3(7)8)2(6)4(9)10/h3-9H,10,17H2,1-2H3;1-2,5-6H,(H,7,8)(H,9,10). The van der Waals surface area contributed by atoms with Crippen molar-refractivity contribution in [3.63, 3.8) is 0 Å². The highest BCUT2D eigenvalue weighted by Gasteiger charge is 2.29. The molecule has 0 spiro atoms. The van der Waals surface area contributed by atoms with Gasteiger partial charge in [0.15, 0.2) is 12.2 Å². The molecule has 2 aromatic carbocycles. The number of benzene rings is 2. The van der Waals surface area contributed by atoms with Crippen LogP contribution in [-0.4, -0.2) is 63.6 Å². The molecule has 2 unspecified atom stereocenters. The number of hydrogen-bond acceptors (Lipinski definition) is 7. The van der Waals surface area contributed by atoms with Crippen LogP contribution < -0.4 is 5.73 Å². The Kier molecular flexibility index (Phi) is 9.56. The maximum absolute atomic E-state index is 13.0. The van der Waals surface area contributed by atoms with Crippen LogP contribution in [0.5, 0.6) is 0 Å². The zero-order valence-electron chi connectivity index (χ0n) is 15.8. The molecule has 10 heteroatoms. The van der Waals surface area contributed by atoms with Crippen LogP contribution in [0.2, 0.25) is 0 Å². The van der Waals surface area contributed by atoms with E-state index in [1.165, 1.54) is 17.7 Å². The number of aliphatic carboxylic acids is 2. The Morgan fingerprint density at radius 1 is 1.03 bits per heavy atom. The molecule has 0 saturated heterocycles. The number of rotatable bonds is 7. The molecule has 6 N–H and O–H groups in total. The molecule has 0 saturated carbocycles. The largest absolute Gasteiger partial charge is 0.479 e. The van der Waals surface area contributed by atoms with Crippen molar-refractivity contribution in [2.24, 2.45) is 0 Å². The number of aliphatic hydroxyl groups is 2. The van der Waals surface area contributed by atoms with E-state index in [0.717, 1.165) is 16.3 Å². The molecule has 2 rings (SSSR count). The summed E-state index contributed by atoms with van der Waals surface area (Å²) in [6.07, 6.45) is -4.53. The normalized spacial score (nSPS) is 12.6. The van der Waals surface area contributed by atoms with E-state index >= 15 is 0 Å². The topological polar surface area (TPSA) is 144 Å². The first-order valence-electron chi connectivity index (χ1n) is 8.30. The fourth-order valence-corrected chi connectivity index (χ4v) is 3.04. The van der Waals surface area contributed by atoms with Crippen molar-refractivity contribution in [2.75, 3.05) is 19.8 Å². The number of anilines is 1. The summed E-state index contributed by atoms with van der Waals surface area (Å²) >= 11 is 1.57. The quantitative estimate of drug-likeness (QED) is 0.416. The van der Waals surface area contributed by atoms with E-state index < -0.39 is 24.1 Å². The van der Waals surface area contributed by atoms with Crippen molar-refractivity contribution < 1.29 is 34.4 Å². The van der Waals surface area contributed by atoms with Crippen molar-refractivity contribution in [1.82, 2.24) is 4.90 Å². The Balaban J connectivity index is 0.000000359. The Hall–Kier alpha value is -2.66. The van der Waals surface area contributed by atoms with Gasteiger partial charge in [0.05, 0.1) is 0 Å². The zero-order chi connectivity index (χ0) is 22.1. The summed E-state index contributed by atoms with van der Waals surface area (Å²) in [5.41, 5.74) is 7.56. The third-order valence-electron chi connectivity index (χ3n) is 3.46. The van der Waals surface area contributed by atoms with Gasteiger partial charge in [-0.25, -0.2) is 14.0 Å². The van der Waals surface area contributed by atoms with Crippen LogP contribution >= 0.6 is 11.8 Å². The molecule has 0 heterocycles. The van der Waals surface area contributed by atoms with Gasteiger partial charge in [0.2, 0.25) is 0 Å². The van der Waals surface area contributed by atoms with E-state index in [1.54, 1.807) is 17.8 Å². The second-order valence-electron chi connectivity index (χ2n) is 6.20. The van der Waals surface area contributed by atoms with Crippen LogP contribution in [0.1, 0.15) is 5.56 Å². The lowest BCUT2D eigenvalue weighted by molar-refractivity contribution is -0.165. The van der Waals surface area contributed by atoms with E-state index in [-0.39, 0.29) is 5.82 Å². The van der Waals surface area contributed by atoms with E-state index in [0.29, 0.717) is 5.69 Å². The molecule has 8 nitrogen and oxygen atoms in total. The number of nitrogen functional groups attached to an aromatic ring is 1. The summed E-state index contributed by atoms with van der Waals surface area (Å²) in [6.45, 7) is 0.865. The number of nitrogens with two attached hydrogens (primary N) is 1. The molecule has 0 amide bonds. The van der Waals surface area contributed by atoms with Crippen molar-refractivity contribution in [1.29, 1.82) is 0 Å². The monoisotopic (exact) mass is 426 g/mol. The molecule has 0 bridgehead atoms. The number of carbonyl (C=O) groups is 2. The SMILES string of the molecule is CN(C)Cc1ccccc1Sc1ccc(F)cc1N.O=C(O)C(O)C(O)C(=O)O. The summed E-state index contributed by atoms with van der Waals surface area (Å²) in [5, 5.41) is 32.5. The first-order valence-corrected chi connectivity index (χ1v) is 9.11. The van der Waals surface area contributed by atoms with Gasteiger partial charge >= 0.3 is 11.9 Å². The Labute approximate surface area is 171 Å². The van der Waals surface area contributed by atoms with Gasteiger partial charge < -0.3 is 31.1 Å². The molecule has 2 aromatic rings. The number of hydrogen-bond donors (Lipinski definition) is 5. The predicted octanol–water partition coefficient (Wildman–Crippen LogP) is 1.50. The Morgan fingerprint density at radius 3 is 2.07 bits per heavy atom. The average molecular weight is 426 g/mol. The van der Waals surface area contributed by atoms with Gasteiger partial charge in [0.1, 0.15) is 5.82 Å². The number of halogens is 1. The van der Waals surface area contributed by atoms with Crippen LogP contribution in [0, 0.1) is 5.82 Å². The molecular formula is C19H23FN2O6S. The highest BCUT2D eigenvalue weighted by molar-refractivity contribution is 7.99. The molecule has 0 aliphatic heterocycles. The first-order chi connectivity index (χ1) is 13.5. The predicted molar refractivity (Wildman–Crippen MR) is 106 cm³/mol. The summed E-state index contributed by atoms with van der Waals surface area (Å²) in [5.74, 6) is -3.84. The lowest BCUT2D eigenvalue weighted by Crippen LogP contribution is -2.39. The second kappa shape index (κ2) is 11.4. The fourth-order valence-electron chi connectivity index (χ4n) is 2.08. The maximum atomic E-state index is 13.0. The van der Waals surface area contributed by atoms with E-state index in [9.17, 15) is 14.0 Å². The molecule has 0 fully saturated rings. The summed E-state index contributed by atoms with van der Waals surface area (Å²) < 4.78 is 13.0. The molecule has 2 atom stereocenters. The first kappa shape index (κ1) is 24.4. The fraction of sp³-hybridized carbons (Fsp3) is 0.263. The van der Waals surface area contributed by atoms with Crippen molar-refractivity contribution in [2.45, 2.75) is 28.5 Å². The molecule has 0 aliphatic carbocycles. The van der Waals surface area contributed by atoms with Crippen LogP contribution in [0.3, 0.4) is 0 Å². The molecule has 0 aliphatic rings. The lowest BCUT2D eigenvalue weighted by atomic mass is 10.2. The van der Waals surface area contributed by atoms with Crippen LogP contribution in [0.25, 0.3) is 0 Å². The number of carboxylic acids is 2. The maximum Gasteiger partial charge on any atom is 0.335 e. The highest BCUT2D eigenvalue weighted by Crippen LogP contribution is 2.34. The smallest absolute Gasteiger partial charge is 0.335 e. The zero-order valence-corrected chi connectivity index (χ0v) is 16.6. The average Bonchev–Trinajstić information content (AvgIpc) is 2.64. The minimum atomic E-state index is -2.27. The molecule has 29 heavy (non-hydrogen) atoms. The van der Waals surface area contributed by atoms with E-state index in [2.05, 4.69) is 17.0 Å². The third kappa shape index (κ3) is 8.08. The van der Waals surface area contributed by atoms with Gasteiger partial charge in [-0.15, -0.1) is 0 Å². The Bertz CT molecular complexity index is 831. The number of nitrogens with zero attached hydrogens (tertiary/aromatic N) is 1. The summed E-state index contributed by atoms with van der Waals surface area (Å²) in [7, 11) is 4.07. The van der Waals surface area contributed by atoms with Gasteiger partial charge in [0.25, 0.3) is 0 Å². The lowest BCUT2D eigenvalue weighted by Gasteiger charge is -2.14. The van der Waals surface area contributed by atoms with Crippen molar-refractivity contribution in [3.8, 4) is 0 Å². The molecular weight excluding hydrogens is 403 g/mol. The minimum absolute atomic E-state index is 0.302. The van der Waals surface area contributed by atoms with Crippen molar-refractivity contribution in [3.05, 3.63) is 53.8 Å². The summed E-state index contributed by atoms with van der Waals surface area (Å²) in [4.78, 5) is 23.7. The van der Waals surface area contributed by atoms with Crippen LogP contribution in [0.4, 0.5) is 10.1 Å². The van der Waals surface area contributed by atoms with E-state index in [4.69, 9.17) is 26.2 Å². The highest BCUT2D eigenvalue weighted by atomic mass is 32.2. The number of carboxylic acid groups (broad SMARTS) is 2. The van der Waals surface area contributed by atoms with Gasteiger partial charge in [-0.3, -0.25) is 0 Å². The molecule has 158 valence electrons. The van der Waals surface area contributed by atoms with Gasteiger partial charge in [0, 0.05) is 22.0 Å². The second-order valence-corrected chi connectivity index (χ2v) is 7.28. The molecule has 0 aromatic heterocycles. The van der Waals surface area contributed by atoms with Gasteiger partial charge in [-0.05, 0) is 43.9 Å². The van der Waals surface area contributed by atoms with Crippen LogP contribution in [0.15, 0.2) is 52.3 Å². The van der Waals surface area contributed by atoms with Crippen molar-refractivity contribution >= 4 is 29.4 Å². The summed E-state index contributed by atoms with van der Waals surface area (Å²) in [6, 6.07) is 12.7.